The second kappa shape index (κ2) is 8.13. The van der Waals surface area contributed by atoms with Crippen LogP contribution in [0.2, 0.25) is 0 Å². The highest BCUT2D eigenvalue weighted by Crippen LogP contribution is 2.38. The predicted octanol–water partition coefficient (Wildman–Crippen LogP) is 0.934. The third-order valence-corrected chi connectivity index (χ3v) is 6.64. The zero-order valence-electron chi connectivity index (χ0n) is 18.8. The summed E-state index contributed by atoms with van der Waals surface area (Å²) < 4.78 is 44.4. The number of hydrogen-bond acceptors (Lipinski definition) is 9. The molecule has 0 N–H and O–H groups in total. The van der Waals surface area contributed by atoms with Crippen LogP contribution in [-0.2, 0) is 37.9 Å². The van der Waals surface area contributed by atoms with Crippen LogP contribution < -0.4 is 11.2 Å². The smallest absolute Gasteiger partial charge is 0.332 e. The molecule has 2 aromatic heterocycles. The Labute approximate surface area is 189 Å². The van der Waals surface area contributed by atoms with Gasteiger partial charge in [-0.2, -0.15) is 8.42 Å². The van der Waals surface area contributed by atoms with Gasteiger partial charge in [0, 0.05) is 14.1 Å². The van der Waals surface area contributed by atoms with Gasteiger partial charge >= 0.3 is 5.69 Å². The third-order valence-electron chi connectivity index (χ3n) is 5.34. The van der Waals surface area contributed by atoms with Crippen molar-refractivity contribution in [2.45, 2.75) is 43.7 Å². The Morgan fingerprint density at radius 1 is 1.09 bits per heavy atom. The number of benzene rings is 1. The Morgan fingerprint density at radius 2 is 1.76 bits per heavy atom. The van der Waals surface area contributed by atoms with Gasteiger partial charge in [0.05, 0.1) is 23.4 Å². The summed E-state index contributed by atoms with van der Waals surface area (Å²) in [7, 11) is -1.19. The zero-order chi connectivity index (χ0) is 24.1. The molecule has 1 aliphatic heterocycles. The quantitative estimate of drug-likeness (QED) is 0.493. The Hall–Kier alpha value is -2.93. The predicted molar refractivity (Wildman–Crippen MR) is 117 cm³/mol. The van der Waals surface area contributed by atoms with E-state index in [0.717, 1.165) is 10.1 Å². The van der Waals surface area contributed by atoms with Gasteiger partial charge < -0.3 is 9.47 Å². The molecule has 3 heterocycles. The fraction of sp³-hybridized carbons (Fsp3) is 0.429. The first-order valence-electron chi connectivity index (χ1n) is 10.1. The van der Waals surface area contributed by atoms with Crippen molar-refractivity contribution in [1.82, 2.24) is 19.1 Å². The van der Waals surface area contributed by atoms with Gasteiger partial charge in [0.25, 0.3) is 15.7 Å². The molecule has 1 fully saturated rings. The second-order valence-corrected chi connectivity index (χ2v) is 9.93. The third kappa shape index (κ3) is 4.34. The molecule has 1 saturated heterocycles. The van der Waals surface area contributed by atoms with Crippen LogP contribution in [0.3, 0.4) is 0 Å². The molecule has 33 heavy (non-hydrogen) atoms. The van der Waals surface area contributed by atoms with Crippen molar-refractivity contribution in [2.75, 3.05) is 6.61 Å². The van der Waals surface area contributed by atoms with Crippen molar-refractivity contribution in [3.63, 3.8) is 0 Å². The van der Waals surface area contributed by atoms with E-state index >= 15 is 0 Å². The van der Waals surface area contributed by atoms with Gasteiger partial charge in [0.15, 0.2) is 17.0 Å². The number of hydrogen-bond donors (Lipinski definition) is 0. The molecule has 2 atom stereocenters. The first-order chi connectivity index (χ1) is 15.4. The molecule has 0 unspecified atom stereocenters. The minimum absolute atomic E-state index is 0.0243. The molecule has 4 rings (SSSR count). The van der Waals surface area contributed by atoms with Crippen molar-refractivity contribution >= 4 is 21.3 Å². The zero-order valence-corrected chi connectivity index (χ0v) is 19.6. The van der Waals surface area contributed by atoms with E-state index in [2.05, 4.69) is 9.97 Å². The fourth-order valence-electron chi connectivity index (χ4n) is 3.61. The van der Waals surface area contributed by atoms with Gasteiger partial charge in [-0.1, -0.05) is 17.7 Å². The minimum Gasteiger partial charge on any atom is -0.342 e. The summed E-state index contributed by atoms with van der Waals surface area (Å²) in [4.78, 5) is 33.3. The van der Waals surface area contributed by atoms with Gasteiger partial charge in [-0.15, -0.1) is 0 Å². The number of nitrogens with zero attached hydrogens (tertiary/aromatic N) is 4. The van der Waals surface area contributed by atoms with Gasteiger partial charge in [-0.05, 0) is 32.9 Å². The molecule has 0 aliphatic carbocycles. The normalized spacial score (nSPS) is 20.4. The van der Waals surface area contributed by atoms with Crippen LogP contribution in [0.1, 0.15) is 31.2 Å². The van der Waals surface area contributed by atoms with Crippen LogP contribution >= 0.6 is 0 Å². The molecule has 0 radical (unpaired) electrons. The molecule has 0 bridgehead atoms. The monoisotopic (exact) mass is 476 g/mol. The van der Waals surface area contributed by atoms with Gasteiger partial charge in [-0.25, -0.2) is 14.8 Å². The average Bonchev–Trinajstić information content (AvgIpc) is 3.09. The molecule has 12 heteroatoms. The van der Waals surface area contributed by atoms with E-state index in [1.807, 2.05) is 6.92 Å². The van der Waals surface area contributed by atoms with Gasteiger partial charge in [0.2, 0.25) is 0 Å². The highest BCUT2D eigenvalue weighted by Gasteiger charge is 2.44. The van der Waals surface area contributed by atoms with Crippen LogP contribution in [0.5, 0.6) is 0 Å². The lowest BCUT2D eigenvalue weighted by molar-refractivity contribution is -0.149. The van der Waals surface area contributed by atoms with E-state index < -0.39 is 39.4 Å². The number of fused-ring (bicyclic) bond motifs is 1. The van der Waals surface area contributed by atoms with Crippen molar-refractivity contribution in [3.05, 3.63) is 62.6 Å². The number of aryl methyl sites for hydroxylation is 2. The summed E-state index contributed by atoms with van der Waals surface area (Å²) in [5, 5.41) is 0. The van der Waals surface area contributed by atoms with Crippen LogP contribution in [0.25, 0.3) is 11.2 Å². The average molecular weight is 477 g/mol. The maximum Gasteiger partial charge on any atom is 0.332 e. The summed E-state index contributed by atoms with van der Waals surface area (Å²) in [6, 6.07) is 6.29. The first kappa shape index (κ1) is 23.2. The molecule has 11 nitrogen and oxygen atoms in total. The lowest BCUT2D eigenvalue weighted by Crippen LogP contribution is -2.38. The Kier molecular flexibility index (Phi) is 5.73. The summed E-state index contributed by atoms with van der Waals surface area (Å²) >= 11 is 0. The van der Waals surface area contributed by atoms with E-state index in [1.165, 1.54) is 37.0 Å². The lowest BCUT2D eigenvalue weighted by Gasteiger charge is -2.17. The molecule has 1 aromatic carbocycles. The second-order valence-electron chi connectivity index (χ2n) is 8.32. The van der Waals surface area contributed by atoms with E-state index in [9.17, 15) is 18.0 Å². The van der Waals surface area contributed by atoms with E-state index in [0.29, 0.717) is 0 Å². The highest BCUT2D eigenvalue weighted by atomic mass is 32.2. The van der Waals surface area contributed by atoms with E-state index in [-0.39, 0.29) is 28.4 Å². The Morgan fingerprint density at radius 3 is 2.42 bits per heavy atom. The highest BCUT2D eigenvalue weighted by molar-refractivity contribution is 7.86. The lowest BCUT2D eigenvalue weighted by atomic mass is 10.1. The number of ether oxygens (including phenoxy) is 2. The molecule has 0 saturated carbocycles. The van der Waals surface area contributed by atoms with Crippen molar-refractivity contribution in [1.29, 1.82) is 0 Å². The maximum absolute atomic E-state index is 12.6. The molecule has 1 aliphatic rings. The van der Waals surface area contributed by atoms with E-state index in [4.69, 9.17) is 13.7 Å². The Balaban J connectivity index is 1.66. The minimum atomic E-state index is -4.03. The van der Waals surface area contributed by atoms with Crippen LogP contribution in [-0.4, -0.2) is 46.0 Å². The summed E-state index contributed by atoms with van der Waals surface area (Å²) in [5.41, 5.74) is 0.185. The van der Waals surface area contributed by atoms with E-state index in [1.54, 1.807) is 26.0 Å². The van der Waals surface area contributed by atoms with Crippen LogP contribution in [0.4, 0.5) is 0 Å². The standard InChI is InChI=1S/C21H24N4O7S/c1-12-6-8-13(9-7-12)33(28,29)30-11-15-17(32-21(2,3)31-15)14-10-22-16-18(23-14)24(4)20(27)25(5)19(16)26/h6-10,15,17H,11H2,1-5H3/t15-,17+/m0/s1. The molecular weight excluding hydrogens is 452 g/mol. The first-order valence-corrected chi connectivity index (χ1v) is 11.5. The summed E-state index contributed by atoms with van der Waals surface area (Å²) in [5.74, 6) is -1.05. The largest absolute Gasteiger partial charge is 0.342 e. The molecular formula is C21H24N4O7S. The van der Waals surface area contributed by atoms with Crippen LogP contribution in [0, 0.1) is 6.92 Å². The fourth-order valence-corrected chi connectivity index (χ4v) is 4.53. The van der Waals surface area contributed by atoms with Crippen LogP contribution in [0.15, 0.2) is 44.9 Å². The van der Waals surface area contributed by atoms with Gasteiger partial charge in [0.1, 0.15) is 12.2 Å². The SMILES string of the molecule is Cc1ccc(S(=O)(=O)OC[C@@H]2OC(C)(C)O[C@@H]2c2cnc3c(=O)n(C)c(=O)n(C)c3n2)cc1. The van der Waals surface area contributed by atoms with Crippen molar-refractivity contribution in [2.24, 2.45) is 14.1 Å². The molecule has 0 amide bonds. The Bertz CT molecular complexity index is 1440. The molecule has 176 valence electrons. The van der Waals surface area contributed by atoms with Crippen molar-refractivity contribution < 1.29 is 22.1 Å². The summed E-state index contributed by atoms with van der Waals surface area (Å²) in [6.07, 6.45) is -0.328. The number of aromatic nitrogens is 4. The summed E-state index contributed by atoms with van der Waals surface area (Å²) in [6.45, 7) is 4.87. The molecule has 3 aromatic rings. The number of rotatable bonds is 5. The van der Waals surface area contributed by atoms with Crippen molar-refractivity contribution in [3.8, 4) is 0 Å². The topological polar surface area (TPSA) is 132 Å². The van der Waals surface area contributed by atoms with Gasteiger partial charge in [-0.3, -0.25) is 18.1 Å². The maximum atomic E-state index is 12.6. The molecule has 0 spiro atoms.